The summed E-state index contributed by atoms with van der Waals surface area (Å²) in [5, 5.41) is 5.85. The Morgan fingerprint density at radius 3 is 2.74 bits per heavy atom. The van der Waals surface area contributed by atoms with Crippen molar-refractivity contribution < 1.29 is 9.18 Å². The second-order valence-electron chi connectivity index (χ2n) is 5.57. The van der Waals surface area contributed by atoms with Crippen molar-refractivity contribution in [3.8, 4) is 0 Å². The number of hydrogen-bond acceptors (Lipinski definition) is 3. The Balaban J connectivity index is 1.83. The molecule has 0 aliphatic rings. The van der Waals surface area contributed by atoms with E-state index in [1.165, 1.54) is 29.3 Å². The van der Waals surface area contributed by atoms with Crippen LogP contribution in [0.3, 0.4) is 0 Å². The highest BCUT2D eigenvalue weighted by molar-refractivity contribution is 5.91. The third kappa shape index (κ3) is 4.79. The molecule has 23 heavy (non-hydrogen) atoms. The van der Waals surface area contributed by atoms with Crippen LogP contribution < -0.4 is 16.4 Å². The number of halogens is 1. The molecule has 5 heteroatoms. The predicted octanol–water partition coefficient (Wildman–Crippen LogP) is 3.40. The summed E-state index contributed by atoms with van der Waals surface area (Å²) in [7, 11) is 0. The molecule has 0 bridgehead atoms. The molecular formula is C18H22FN3O. The molecule has 2 aromatic rings. The molecule has 0 aromatic heterocycles. The van der Waals surface area contributed by atoms with Gasteiger partial charge in [0.25, 0.3) is 0 Å². The number of hydrogen-bond donors (Lipinski definition) is 3. The van der Waals surface area contributed by atoms with Crippen molar-refractivity contribution in [2.75, 3.05) is 17.6 Å². The largest absolute Gasteiger partial charge is 0.399 e. The van der Waals surface area contributed by atoms with E-state index in [9.17, 15) is 9.18 Å². The lowest BCUT2D eigenvalue weighted by Gasteiger charge is -2.16. The van der Waals surface area contributed by atoms with Gasteiger partial charge < -0.3 is 16.4 Å². The van der Waals surface area contributed by atoms with E-state index in [4.69, 9.17) is 5.73 Å². The zero-order chi connectivity index (χ0) is 16.8. The number of carbonyl (C=O) groups excluding carboxylic acids is 1. The summed E-state index contributed by atoms with van der Waals surface area (Å²) in [6, 6.07) is 12.4. The van der Waals surface area contributed by atoms with Crippen molar-refractivity contribution in [1.29, 1.82) is 0 Å². The maximum atomic E-state index is 13.6. The monoisotopic (exact) mass is 315 g/mol. The molecule has 0 heterocycles. The molecule has 122 valence electrons. The van der Waals surface area contributed by atoms with Gasteiger partial charge in [-0.25, -0.2) is 4.39 Å². The number of anilines is 2. The van der Waals surface area contributed by atoms with Crippen LogP contribution in [0.4, 0.5) is 15.8 Å². The molecule has 0 radical (unpaired) electrons. The minimum atomic E-state index is -0.492. The molecule has 1 amide bonds. The van der Waals surface area contributed by atoms with Gasteiger partial charge in [-0.05, 0) is 43.2 Å². The molecular weight excluding hydrogens is 293 g/mol. The van der Waals surface area contributed by atoms with E-state index in [2.05, 4.69) is 36.6 Å². The summed E-state index contributed by atoms with van der Waals surface area (Å²) in [5.74, 6) is -0.743. The number of aryl methyl sites for hydroxylation is 1. The highest BCUT2D eigenvalue weighted by Gasteiger charge is 2.10. The van der Waals surface area contributed by atoms with Crippen molar-refractivity contribution in [2.45, 2.75) is 26.3 Å². The first-order valence-electron chi connectivity index (χ1n) is 7.61. The summed E-state index contributed by atoms with van der Waals surface area (Å²) in [4.78, 5) is 11.9. The maximum Gasteiger partial charge on any atom is 0.225 e. The lowest BCUT2D eigenvalue weighted by atomic mass is 10.0. The second-order valence-corrected chi connectivity index (χ2v) is 5.57. The average Bonchev–Trinajstić information content (AvgIpc) is 2.51. The Labute approximate surface area is 135 Å². The van der Waals surface area contributed by atoms with Crippen LogP contribution in [0.5, 0.6) is 0 Å². The topological polar surface area (TPSA) is 67.2 Å². The van der Waals surface area contributed by atoms with Gasteiger partial charge in [-0.2, -0.15) is 0 Å². The number of carbonyl (C=O) groups is 1. The van der Waals surface area contributed by atoms with E-state index in [0.717, 1.165) is 0 Å². The first-order valence-corrected chi connectivity index (χ1v) is 7.61. The van der Waals surface area contributed by atoms with Crippen molar-refractivity contribution in [3.63, 3.8) is 0 Å². The van der Waals surface area contributed by atoms with Crippen LogP contribution in [0.1, 0.15) is 30.5 Å². The second kappa shape index (κ2) is 7.74. The summed E-state index contributed by atoms with van der Waals surface area (Å²) in [6.07, 6.45) is 0.254. The molecule has 1 unspecified atom stereocenters. The standard InChI is InChI=1S/C18H22FN3O/c1-12-5-3-4-6-15(12)13(2)21-10-9-18(23)22-17-11-14(20)7-8-16(17)19/h3-8,11,13,21H,9-10,20H2,1-2H3,(H,22,23). The summed E-state index contributed by atoms with van der Waals surface area (Å²) >= 11 is 0. The lowest BCUT2D eigenvalue weighted by Crippen LogP contribution is -2.25. The number of benzene rings is 2. The highest BCUT2D eigenvalue weighted by Crippen LogP contribution is 2.18. The first-order chi connectivity index (χ1) is 11.0. The fourth-order valence-electron chi connectivity index (χ4n) is 2.44. The maximum absolute atomic E-state index is 13.6. The normalized spacial score (nSPS) is 12.0. The number of amides is 1. The van der Waals surface area contributed by atoms with Crippen LogP contribution in [0.15, 0.2) is 42.5 Å². The van der Waals surface area contributed by atoms with E-state index in [-0.39, 0.29) is 24.1 Å². The molecule has 0 aliphatic carbocycles. The Morgan fingerprint density at radius 2 is 2.00 bits per heavy atom. The molecule has 0 spiro atoms. The smallest absolute Gasteiger partial charge is 0.225 e. The van der Waals surface area contributed by atoms with Gasteiger partial charge in [-0.3, -0.25) is 4.79 Å². The van der Waals surface area contributed by atoms with E-state index in [1.807, 2.05) is 12.1 Å². The summed E-state index contributed by atoms with van der Waals surface area (Å²) in [5.41, 5.74) is 8.53. The van der Waals surface area contributed by atoms with E-state index in [1.54, 1.807) is 0 Å². The molecule has 0 saturated carbocycles. The third-order valence-corrected chi connectivity index (χ3v) is 3.72. The molecule has 2 aromatic carbocycles. The SMILES string of the molecule is Cc1ccccc1C(C)NCCC(=O)Nc1cc(N)ccc1F. The van der Waals surface area contributed by atoms with E-state index in [0.29, 0.717) is 12.2 Å². The van der Waals surface area contributed by atoms with E-state index >= 15 is 0 Å². The van der Waals surface area contributed by atoms with Gasteiger partial charge in [0.15, 0.2) is 0 Å². The van der Waals surface area contributed by atoms with Crippen LogP contribution in [-0.4, -0.2) is 12.5 Å². The number of rotatable bonds is 6. The van der Waals surface area contributed by atoms with Crippen LogP contribution in [0.25, 0.3) is 0 Å². The van der Waals surface area contributed by atoms with Crippen molar-refractivity contribution >= 4 is 17.3 Å². The Hall–Kier alpha value is -2.40. The molecule has 4 N–H and O–H groups in total. The van der Waals surface area contributed by atoms with Crippen LogP contribution in [0.2, 0.25) is 0 Å². The minimum absolute atomic E-state index is 0.113. The quantitative estimate of drug-likeness (QED) is 0.716. The molecule has 2 rings (SSSR count). The van der Waals surface area contributed by atoms with Crippen molar-refractivity contribution in [3.05, 3.63) is 59.4 Å². The van der Waals surface area contributed by atoms with Crippen molar-refractivity contribution in [1.82, 2.24) is 5.32 Å². The fourth-order valence-corrected chi connectivity index (χ4v) is 2.44. The fraction of sp³-hybridized carbons (Fsp3) is 0.278. The minimum Gasteiger partial charge on any atom is -0.399 e. The van der Waals surface area contributed by atoms with E-state index < -0.39 is 5.82 Å². The van der Waals surface area contributed by atoms with Gasteiger partial charge in [0.2, 0.25) is 5.91 Å². The first kappa shape index (κ1) is 17.0. The third-order valence-electron chi connectivity index (χ3n) is 3.72. The van der Waals surface area contributed by atoms with Crippen LogP contribution >= 0.6 is 0 Å². The molecule has 0 fully saturated rings. The predicted molar refractivity (Wildman–Crippen MR) is 91.7 cm³/mol. The lowest BCUT2D eigenvalue weighted by molar-refractivity contribution is -0.116. The highest BCUT2D eigenvalue weighted by atomic mass is 19.1. The van der Waals surface area contributed by atoms with Crippen molar-refractivity contribution in [2.24, 2.45) is 0 Å². The summed E-state index contributed by atoms with van der Waals surface area (Å²) < 4.78 is 13.6. The molecule has 4 nitrogen and oxygen atoms in total. The van der Waals surface area contributed by atoms with Gasteiger partial charge in [0, 0.05) is 24.7 Å². The van der Waals surface area contributed by atoms with Gasteiger partial charge >= 0.3 is 0 Å². The zero-order valence-corrected chi connectivity index (χ0v) is 13.4. The van der Waals surface area contributed by atoms with Crippen LogP contribution in [-0.2, 0) is 4.79 Å². The average molecular weight is 315 g/mol. The van der Waals surface area contributed by atoms with Gasteiger partial charge in [-0.1, -0.05) is 24.3 Å². The number of nitrogens with two attached hydrogens (primary N) is 1. The summed E-state index contributed by atoms with van der Waals surface area (Å²) in [6.45, 7) is 4.62. The van der Waals surface area contributed by atoms with Gasteiger partial charge in [0.05, 0.1) is 5.69 Å². The Bertz CT molecular complexity index is 688. The number of nitrogen functional groups attached to an aromatic ring is 1. The number of nitrogens with one attached hydrogen (secondary N) is 2. The molecule has 0 saturated heterocycles. The van der Waals surface area contributed by atoms with Gasteiger partial charge in [-0.15, -0.1) is 0 Å². The van der Waals surface area contributed by atoms with Crippen LogP contribution in [0, 0.1) is 12.7 Å². The Morgan fingerprint density at radius 1 is 1.26 bits per heavy atom. The molecule has 0 aliphatic heterocycles. The molecule has 1 atom stereocenters. The van der Waals surface area contributed by atoms with Gasteiger partial charge in [0.1, 0.15) is 5.82 Å². The Kier molecular flexibility index (Phi) is 5.71. The zero-order valence-electron chi connectivity index (χ0n) is 13.4.